The van der Waals surface area contributed by atoms with Crippen LogP contribution >= 0.6 is 7.82 Å². The Morgan fingerprint density at radius 1 is 0.853 bits per heavy atom. The predicted molar refractivity (Wildman–Crippen MR) is 128 cm³/mol. The van der Waals surface area contributed by atoms with Crippen LogP contribution in [0.2, 0.25) is 0 Å². The number of methoxy groups -OCH3 is 4. The topological polar surface area (TPSA) is 111 Å². The molecule has 0 aliphatic carbocycles. The number of benzene rings is 2. The zero-order valence-corrected chi connectivity index (χ0v) is 21.0. The van der Waals surface area contributed by atoms with Gasteiger partial charge in [-0.05, 0) is 32.1 Å². The monoisotopic (exact) mass is 495 g/mol. The van der Waals surface area contributed by atoms with Gasteiger partial charge in [0.2, 0.25) is 5.91 Å². The van der Waals surface area contributed by atoms with Gasteiger partial charge in [0.1, 0.15) is 17.2 Å². The van der Waals surface area contributed by atoms with Gasteiger partial charge in [-0.3, -0.25) is 13.8 Å². The first-order chi connectivity index (χ1) is 16.3. The van der Waals surface area contributed by atoms with Crippen molar-refractivity contribution in [2.75, 3.05) is 47.0 Å². The lowest BCUT2D eigenvalue weighted by atomic mass is 10.1. The van der Waals surface area contributed by atoms with Crippen molar-refractivity contribution in [1.29, 1.82) is 0 Å². The van der Waals surface area contributed by atoms with Crippen LogP contribution in [0.1, 0.15) is 19.4 Å². The third-order valence-corrected chi connectivity index (χ3v) is 5.94. The fourth-order valence-electron chi connectivity index (χ4n) is 2.89. The first kappa shape index (κ1) is 27.0. The molecule has 11 heteroatoms. The number of carbonyl (C=O) groups excluding carboxylic acids is 1. The summed E-state index contributed by atoms with van der Waals surface area (Å²) in [5.74, 6) is 1.45. The molecule has 0 aliphatic rings. The standard InChI is InChI=1S/C23H30NO9P/c1-7-31-34(26,32-8-2)33-22-13-16(9-11-19(22)28-4)24-23(25)12-10-18-20(29-5)14-17(27-3)15-21(18)30-6/h9-15H,7-8H2,1-6H3,(H,24,25)/b12-10+. The summed E-state index contributed by atoms with van der Waals surface area (Å²) in [5, 5.41) is 2.71. The number of nitrogens with one attached hydrogen (secondary N) is 1. The molecule has 0 unspecified atom stereocenters. The summed E-state index contributed by atoms with van der Waals surface area (Å²) < 4.78 is 49.9. The predicted octanol–water partition coefficient (Wildman–Crippen LogP) is 4.93. The Labute approximate surface area is 199 Å². The van der Waals surface area contributed by atoms with E-state index in [1.165, 1.54) is 40.6 Å². The maximum absolute atomic E-state index is 12.8. The normalized spacial score (nSPS) is 11.2. The van der Waals surface area contributed by atoms with Crippen molar-refractivity contribution in [3.8, 4) is 28.7 Å². The summed E-state index contributed by atoms with van der Waals surface area (Å²) in [6.07, 6.45) is 2.88. The third-order valence-electron chi connectivity index (χ3n) is 4.37. The van der Waals surface area contributed by atoms with Crippen LogP contribution < -0.4 is 28.8 Å². The van der Waals surface area contributed by atoms with Gasteiger partial charge in [0.05, 0.1) is 47.2 Å². The lowest BCUT2D eigenvalue weighted by Gasteiger charge is -2.19. The van der Waals surface area contributed by atoms with E-state index >= 15 is 0 Å². The summed E-state index contributed by atoms with van der Waals surface area (Å²) in [6.45, 7) is 3.59. The highest BCUT2D eigenvalue weighted by atomic mass is 31.2. The molecule has 0 atom stereocenters. The molecule has 0 heterocycles. The number of amides is 1. The first-order valence-electron chi connectivity index (χ1n) is 10.4. The van der Waals surface area contributed by atoms with Crippen molar-refractivity contribution >= 4 is 25.5 Å². The average molecular weight is 495 g/mol. The molecule has 1 amide bonds. The number of carbonyl (C=O) groups is 1. The summed E-state index contributed by atoms with van der Waals surface area (Å²) in [5.41, 5.74) is 0.938. The van der Waals surface area contributed by atoms with E-state index in [1.807, 2.05) is 0 Å². The maximum Gasteiger partial charge on any atom is 0.530 e. The molecule has 1 N–H and O–H groups in total. The van der Waals surface area contributed by atoms with E-state index in [0.29, 0.717) is 34.2 Å². The molecule has 0 saturated heterocycles. The fraction of sp³-hybridized carbons (Fsp3) is 0.348. The maximum atomic E-state index is 12.8. The summed E-state index contributed by atoms with van der Waals surface area (Å²) >= 11 is 0. The SMILES string of the molecule is CCOP(=O)(OCC)Oc1cc(NC(=O)/C=C/c2c(OC)cc(OC)cc2OC)ccc1OC. The summed E-state index contributed by atoms with van der Waals surface area (Å²) in [7, 11) is 2.13. The first-order valence-corrected chi connectivity index (χ1v) is 11.8. The van der Waals surface area contributed by atoms with Crippen LogP contribution in [0.4, 0.5) is 5.69 Å². The van der Waals surface area contributed by atoms with Gasteiger partial charge in [0, 0.05) is 30.0 Å². The number of rotatable bonds is 13. The minimum Gasteiger partial charge on any atom is -0.496 e. The Hall–Kier alpha value is -3.20. The second kappa shape index (κ2) is 12.9. The number of hydrogen-bond acceptors (Lipinski definition) is 9. The smallest absolute Gasteiger partial charge is 0.496 e. The molecule has 0 spiro atoms. The van der Waals surface area contributed by atoms with Crippen LogP contribution in [0.15, 0.2) is 36.4 Å². The van der Waals surface area contributed by atoms with Crippen LogP contribution in [0.3, 0.4) is 0 Å². The Bertz CT molecular complexity index is 1020. The van der Waals surface area contributed by atoms with Gasteiger partial charge in [-0.2, -0.15) is 0 Å². The molecule has 0 radical (unpaired) electrons. The third kappa shape index (κ3) is 7.15. The van der Waals surface area contributed by atoms with Gasteiger partial charge in [0.25, 0.3) is 0 Å². The largest absolute Gasteiger partial charge is 0.530 e. The van der Waals surface area contributed by atoms with Crippen LogP contribution in [0.25, 0.3) is 6.08 Å². The van der Waals surface area contributed by atoms with Gasteiger partial charge in [-0.25, -0.2) is 4.57 Å². The number of phosphoric ester groups is 1. The van der Waals surface area contributed by atoms with Crippen LogP contribution in [0, 0.1) is 0 Å². The fourth-order valence-corrected chi connectivity index (χ4v) is 4.09. The molecule has 2 rings (SSSR count). The van der Waals surface area contributed by atoms with E-state index in [0.717, 1.165) is 0 Å². The van der Waals surface area contributed by atoms with Crippen molar-refractivity contribution in [3.05, 3.63) is 42.0 Å². The molecule has 186 valence electrons. The summed E-state index contributed by atoms with van der Waals surface area (Å²) in [4.78, 5) is 12.6. The number of anilines is 1. The highest BCUT2D eigenvalue weighted by Crippen LogP contribution is 2.51. The van der Waals surface area contributed by atoms with Gasteiger partial charge in [-0.1, -0.05) is 0 Å². The summed E-state index contributed by atoms with van der Waals surface area (Å²) in [6, 6.07) is 8.00. The molecule has 0 aromatic heterocycles. The second-order valence-electron chi connectivity index (χ2n) is 6.51. The van der Waals surface area contributed by atoms with Crippen molar-refractivity contribution in [2.24, 2.45) is 0 Å². The van der Waals surface area contributed by atoms with Gasteiger partial charge < -0.3 is 28.8 Å². The van der Waals surface area contributed by atoms with Crippen molar-refractivity contribution in [3.63, 3.8) is 0 Å². The minimum absolute atomic E-state index is 0.0907. The molecule has 2 aromatic rings. The second-order valence-corrected chi connectivity index (χ2v) is 8.10. The molecule has 0 saturated carbocycles. The molecular weight excluding hydrogens is 465 g/mol. The zero-order valence-electron chi connectivity index (χ0n) is 20.1. The van der Waals surface area contributed by atoms with E-state index in [9.17, 15) is 9.36 Å². The Kier molecular flexibility index (Phi) is 10.2. The van der Waals surface area contributed by atoms with Gasteiger partial charge in [-0.15, -0.1) is 0 Å². The van der Waals surface area contributed by atoms with Crippen molar-refractivity contribution in [2.45, 2.75) is 13.8 Å². The van der Waals surface area contributed by atoms with Crippen molar-refractivity contribution in [1.82, 2.24) is 0 Å². The highest BCUT2D eigenvalue weighted by Gasteiger charge is 2.29. The Morgan fingerprint density at radius 2 is 1.44 bits per heavy atom. The van der Waals surface area contributed by atoms with Crippen molar-refractivity contribution < 1.29 is 41.9 Å². The lowest BCUT2D eigenvalue weighted by Crippen LogP contribution is -2.09. The minimum atomic E-state index is -3.86. The molecule has 10 nitrogen and oxygen atoms in total. The molecular formula is C23H30NO9P. The highest BCUT2D eigenvalue weighted by molar-refractivity contribution is 7.48. The van der Waals surface area contributed by atoms with Crippen LogP contribution in [-0.4, -0.2) is 47.6 Å². The van der Waals surface area contributed by atoms with Crippen LogP contribution in [-0.2, 0) is 18.4 Å². The Balaban J connectivity index is 2.26. The van der Waals surface area contributed by atoms with E-state index in [2.05, 4.69) is 5.32 Å². The molecule has 0 aliphatic heterocycles. The van der Waals surface area contributed by atoms with E-state index in [1.54, 1.807) is 44.2 Å². The Morgan fingerprint density at radius 3 is 1.94 bits per heavy atom. The average Bonchev–Trinajstić information content (AvgIpc) is 2.82. The van der Waals surface area contributed by atoms with Crippen LogP contribution in [0.5, 0.6) is 28.7 Å². The molecule has 0 fully saturated rings. The van der Waals surface area contributed by atoms with Gasteiger partial charge >= 0.3 is 7.82 Å². The number of ether oxygens (including phenoxy) is 4. The molecule has 2 aromatic carbocycles. The van der Waals surface area contributed by atoms with E-state index in [-0.39, 0.29) is 19.0 Å². The van der Waals surface area contributed by atoms with E-state index < -0.39 is 13.7 Å². The number of hydrogen-bond donors (Lipinski definition) is 1. The zero-order chi connectivity index (χ0) is 25.1. The van der Waals surface area contributed by atoms with E-state index in [4.69, 9.17) is 32.5 Å². The van der Waals surface area contributed by atoms with Gasteiger partial charge in [0.15, 0.2) is 11.5 Å². The number of phosphoric acid groups is 1. The lowest BCUT2D eigenvalue weighted by molar-refractivity contribution is -0.111. The molecule has 34 heavy (non-hydrogen) atoms. The molecule has 0 bridgehead atoms. The quantitative estimate of drug-likeness (QED) is 0.305.